The lowest BCUT2D eigenvalue weighted by atomic mass is 9.84. The maximum Gasteiger partial charge on any atom is 0.231 e. The number of nitrogens with zero attached hydrogens (tertiary/aromatic N) is 4. The molecule has 0 spiro atoms. The van der Waals surface area contributed by atoms with Crippen LogP contribution < -0.4 is 0 Å². The summed E-state index contributed by atoms with van der Waals surface area (Å²) in [6.07, 6.45) is 0.733. The Kier molecular flexibility index (Phi) is 7.56. The summed E-state index contributed by atoms with van der Waals surface area (Å²) in [5, 5.41) is 4.27. The third kappa shape index (κ3) is 5.64. The SMILES string of the molecule is CC(C)(C)c1nc(-c2ccc(-c3ccccc3)cc2)c2c(n1)oc1cc(CC(C)(C)c3nc(-c4ccccc4)c4c(n3)sc3ccccc34)ccc12. The monoisotopic (exact) mass is 694 g/mol. The molecule has 0 unspecified atom stereocenters. The predicted molar refractivity (Wildman–Crippen MR) is 216 cm³/mol. The van der Waals surface area contributed by atoms with Gasteiger partial charge in [-0.05, 0) is 35.2 Å². The zero-order chi connectivity index (χ0) is 35.6. The van der Waals surface area contributed by atoms with E-state index in [2.05, 4.69) is 150 Å². The normalized spacial score (nSPS) is 12.4. The molecule has 9 aromatic rings. The second-order valence-electron chi connectivity index (χ2n) is 15.3. The van der Waals surface area contributed by atoms with Crippen molar-refractivity contribution in [3.63, 3.8) is 0 Å². The fourth-order valence-electron chi connectivity index (χ4n) is 7.14. The summed E-state index contributed by atoms with van der Waals surface area (Å²) in [6.45, 7) is 10.9. The minimum absolute atomic E-state index is 0.255. The Morgan fingerprint density at radius 2 is 1.13 bits per heavy atom. The van der Waals surface area contributed by atoms with Gasteiger partial charge in [-0.25, -0.2) is 15.0 Å². The van der Waals surface area contributed by atoms with Crippen molar-refractivity contribution in [3.05, 3.63) is 145 Å². The van der Waals surface area contributed by atoms with Gasteiger partial charge in [0.25, 0.3) is 0 Å². The maximum absolute atomic E-state index is 6.59. The molecule has 5 nitrogen and oxygen atoms in total. The molecular formula is C46H38N4OS. The number of furan rings is 1. The first-order chi connectivity index (χ1) is 25.1. The molecule has 52 heavy (non-hydrogen) atoms. The fourth-order valence-corrected chi connectivity index (χ4v) is 8.22. The average Bonchev–Trinajstić information content (AvgIpc) is 3.72. The van der Waals surface area contributed by atoms with E-state index in [1.54, 1.807) is 11.3 Å². The molecule has 0 aliphatic rings. The van der Waals surface area contributed by atoms with Gasteiger partial charge >= 0.3 is 0 Å². The molecule has 254 valence electrons. The third-order valence-electron chi connectivity index (χ3n) is 9.87. The highest BCUT2D eigenvalue weighted by atomic mass is 32.1. The first kappa shape index (κ1) is 32.2. The first-order valence-corrected chi connectivity index (χ1v) is 18.6. The molecule has 0 aliphatic heterocycles. The highest BCUT2D eigenvalue weighted by Gasteiger charge is 2.29. The second-order valence-corrected chi connectivity index (χ2v) is 16.3. The smallest absolute Gasteiger partial charge is 0.231 e. The van der Waals surface area contributed by atoms with Crippen molar-refractivity contribution < 1.29 is 4.42 Å². The summed E-state index contributed by atoms with van der Waals surface area (Å²) >= 11 is 1.73. The minimum Gasteiger partial charge on any atom is -0.438 e. The van der Waals surface area contributed by atoms with E-state index in [1.165, 1.54) is 21.2 Å². The van der Waals surface area contributed by atoms with E-state index in [0.29, 0.717) is 5.71 Å². The number of aromatic nitrogens is 4. The molecule has 4 aromatic heterocycles. The average molecular weight is 695 g/mol. The second kappa shape index (κ2) is 12.2. The van der Waals surface area contributed by atoms with Gasteiger partial charge < -0.3 is 4.42 Å². The summed E-state index contributed by atoms with van der Waals surface area (Å²) < 4.78 is 7.81. The van der Waals surface area contributed by atoms with Crippen LogP contribution in [-0.4, -0.2) is 19.9 Å². The van der Waals surface area contributed by atoms with Crippen LogP contribution in [0.1, 0.15) is 51.8 Å². The molecule has 6 heteroatoms. The van der Waals surface area contributed by atoms with Crippen molar-refractivity contribution in [1.29, 1.82) is 0 Å². The van der Waals surface area contributed by atoms with Crippen LogP contribution in [0.3, 0.4) is 0 Å². The summed E-state index contributed by atoms with van der Waals surface area (Å²) in [5.41, 5.74) is 8.30. The molecule has 0 saturated heterocycles. The number of thiophene rings is 1. The molecule has 4 heterocycles. The van der Waals surface area contributed by atoms with Gasteiger partial charge in [0.2, 0.25) is 5.71 Å². The van der Waals surface area contributed by atoms with Crippen LogP contribution in [0.4, 0.5) is 0 Å². The van der Waals surface area contributed by atoms with Crippen molar-refractivity contribution in [3.8, 4) is 33.6 Å². The van der Waals surface area contributed by atoms with Crippen molar-refractivity contribution in [2.45, 2.75) is 51.9 Å². The van der Waals surface area contributed by atoms with Gasteiger partial charge in [-0.1, -0.05) is 150 Å². The van der Waals surface area contributed by atoms with Crippen LogP contribution in [0, 0.1) is 0 Å². The summed E-state index contributed by atoms with van der Waals surface area (Å²) in [4.78, 5) is 21.7. The van der Waals surface area contributed by atoms with Crippen LogP contribution in [0.25, 0.3) is 76.0 Å². The molecule has 0 aliphatic carbocycles. The minimum atomic E-state index is -0.363. The zero-order valence-electron chi connectivity index (χ0n) is 29.9. The van der Waals surface area contributed by atoms with Gasteiger partial charge in [-0.15, -0.1) is 11.3 Å². The highest BCUT2D eigenvalue weighted by Crippen LogP contribution is 2.41. The molecule has 0 fully saturated rings. The van der Waals surface area contributed by atoms with Gasteiger partial charge in [0.1, 0.15) is 22.1 Å². The summed E-state index contributed by atoms with van der Waals surface area (Å²) in [7, 11) is 0. The predicted octanol–water partition coefficient (Wildman–Crippen LogP) is 12.4. The molecule has 0 bridgehead atoms. The van der Waals surface area contributed by atoms with E-state index in [-0.39, 0.29) is 10.8 Å². The lowest BCUT2D eigenvalue weighted by Crippen LogP contribution is -2.24. The number of rotatable bonds is 6. The van der Waals surface area contributed by atoms with Gasteiger partial charge in [0, 0.05) is 42.8 Å². The molecule has 0 N–H and O–H groups in total. The molecule has 5 aromatic carbocycles. The van der Waals surface area contributed by atoms with Crippen LogP contribution in [0.2, 0.25) is 0 Å². The van der Waals surface area contributed by atoms with E-state index in [0.717, 1.165) is 72.7 Å². The molecular weight excluding hydrogens is 657 g/mol. The Labute approximate surface area is 307 Å². The van der Waals surface area contributed by atoms with Gasteiger partial charge in [0.15, 0.2) is 0 Å². The topological polar surface area (TPSA) is 64.7 Å². The lowest BCUT2D eigenvalue weighted by Gasteiger charge is -2.24. The van der Waals surface area contributed by atoms with Crippen molar-refractivity contribution in [2.75, 3.05) is 0 Å². The Hall–Kier alpha value is -5.72. The Bertz CT molecular complexity index is 2760. The molecule has 9 rings (SSSR count). The highest BCUT2D eigenvalue weighted by molar-refractivity contribution is 7.25. The molecule has 0 atom stereocenters. The first-order valence-electron chi connectivity index (χ1n) is 17.8. The standard InChI is InChI=1S/C46H38N4OS/c1-45(2,3)43-47-39(32-23-21-30(22-24-32)29-14-8-6-9-15-29)37-33-25-20-28(26-35(33)51-41(37)49-43)27-46(4,5)44-48-40(31-16-10-7-11-17-31)38-34-18-12-13-19-36(34)52-42(38)50-44/h6-26H,27H2,1-5H3. The lowest BCUT2D eigenvalue weighted by molar-refractivity contribution is 0.489. The van der Waals surface area contributed by atoms with Gasteiger partial charge in [-0.2, -0.15) is 4.98 Å². The van der Waals surface area contributed by atoms with E-state index in [9.17, 15) is 0 Å². The molecule has 0 radical (unpaired) electrons. The van der Waals surface area contributed by atoms with E-state index in [4.69, 9.17) is 24.4 Å². The maximum atomic E-state index is 6.59. The van der Waals surface area contributed by atoms with Crippen LogP contribution in [0.15, 0.2) is 132 Å². The van der Waals surface area contributed by atoms with Gasteiger partial charge in [0.05, 0.1) is 16.8 Å². The van der Waals surface area contributed by atoms with Crippen molar-refractivity contribution >= 4 is 53.7 Å². The number of benzene rings is 5. The summed E-state index contributed by atoms with van der Waals surface area (Å²) in [5.74, 6) is 1.59. The van der Waals surface area contributed by atoms with E-state index >= 15 is 0 Å². The fraction of sp³-hybridized carbons (Fsp3) is 0.174. The number of hydrogen-bond acceptors (Lipinski definition) is 6. The third-order valence-corrected chi connectivity index (χ3v) is 10.9. The Morgan fingerprint density at radius 3 is 1.87 bits per heavy atom. The molecule has 0 saturated carbocycles. The van der Waals surface area contributed by atoms with Crippen LogP contribution in [-0.2, 0) is 17.3 Å². The van der Waals surface area contributed by atoms with Gasteiger partial charge in [-0.3, -0.25) is 0 Å². The Balaban J connectivity index is 1.13. The zero-order valence-corrected chi connectivity index (χ0v) is 30.8. The summed E-state index contributed by atoms with van der Waals surface area (Å²) in [6, 6.07) is 44.6. The van der Waals surface area contributed by atoms with Crippen LogP contribution in [0.5, 0.6) is 0 Å². The Morgan fingerprint density at radius 1 is 0.538 bits per heavy atom. The van der Waals surface area contributed by atoms with Crippen molar-refractivity contribution in [2.24, 2.45) is 0 Å². The number of hydrogen-bond donors (Lipinski definition) is 0. The van der Waals surface area contributed by atoms with E-state index in [1.807, 2.05) is 12.1 Å². The largest absolute Gasteiger partial charge is 0.438 e. The van der Waals surface area contributed by atoms with E-state index < -0.39 is 0 Å². The van der Waals surface area contributed by atoms with Crippen molar-refractivity contribution in [1.82, 2.24) is 19.9 Å². The van der Waals surface area contributed by atoms with Crippen LogP contribution >= 0.6 is 11.3 Å². The molecule has 0 amide bonds. The number of fused-ring (bicyclic) bond motifs is 6. The quantitative estimate of drug-likeness (QED) is 0.173.